The lowest BCUT2D eigenvalue weighted by atomic mass is 10.2. The Kier molecular flexibility index (Phi) is 5.53. The monoisotopic (exact) mass is 440 g/mol. The number of hydrogen-bond donors (Lipinski definition) is 0. The van der Waals surface area contributed by atoms with Gasteiger partial charge in [-0.2, -0.15) is 5.10 Å². The lowest BCUT2D eigenvalue weighted by molar-refractivity contribution is 0.0712. The number of carbonyl (C=O) groups is 1. The van der Waals surface area contributed by atoms with Gasteiger partial charge in [0.05, 0.1) is 12.2 Å². The summed E-state index contributed by atoms with van der Waals surface area (Å²) in [6.07, 6.45) is 0. The Morgan fingerprint density at radius 1 is 1.03 bits per heavy atom. The van der Waals surface area contributed by atoms with E-state index in [9.17, 15) is 14.4 Å². The minimum absolute atomic E-state index is 0.172. The molecule has 0 atom stereocenters. The number of furan rings is 1. The summed E-state index contributed by atoms with van der Waals surface area (Å²) < 4.78 is 10.2. The van der Waals surface area contributed by atoms with E-state index in [1.54, 1.807) is 31.0 Å². The van der Waals surface area contributed by atoms with Gasteiger partial charge in [0.1, 0.15) is 11.4 Å². The van der Waals surface area contributed by atoms with Gasteiger partial charge < -0.3 is 14.2 Å². The highest BCUT2D eigenvalue weighted by Gasteiger charge is 2.27. The molecular weight excluding hydrogens is 412 g/mol. The zero-order chi connectivity index (χ0) is 23.2. The molecule has 32 heavy (non-hydrogen) atoms. The third kappa shape index (κ3) is 3.76. The Balaban J connectivity index is 1.45. The molecule has 1 aliphatic heterocycles. The highest BCUT2D eigenvalue weighted by Crippen LogP contribution is 2.18. The molecule has 1 saturated heterocycles. The molecule has 10 heteroatoms. The van der Waals surface area contributed by atoms with Crippen LogP contribution in [0, 0.1) is 20.8 Å². The fourth-order valence-corrected chi connectivity index (χ4v) is 4.14. The Bertz CT molecular complexity index is 1290. The van der Waals surface area contributed by atoms with E-state index in [1.165, 1.54) is 11.6 Å². The first-order valence-corrected chi connectivity index (χ1v) is 10.6. The van der Waals surface area contributed by atoms with E-state index < -0.39 is 0 Å². The third-order valence-electron chi connectivity index (χ3n) is 6.09. The van der Waals surface area contributed by atoms with Crippen LogP contribution in [0.2, 0.25) is 0 Å². The van der Waals surface area contributed by atoms with Gasteiger partial charge in [0.2, 0.25) is 0 Å². The van der Waals surface area contributed by atoms with E-state index in [1.807, 2.05) is 29.5 Å². The Hall–Kier alpha value is -3.56. The van der Waals surface area contributed by atoms with E-state index in [4.69, 9.17) is 4.42 Å². The molecule has 0 saturated carbocycles. The average molecular weight is 441 g/mol. The summed E-state index contributed by atoms with van der Waals surface area (Å²) >= 11 is 0. The molecule has 0 unspecified atom stereocenters. The molecule has 4 rings (SSSR count). The number of nitrogens with zero attached hydrogens (tertiary/aromatic N) is 6. The summed E-state index contributed by atoms with van der Waals surface area (Å²) in [5.41, 5.74) is 2.43. The van der Waals surface area contributed by atoms with E-state index in [0.29, 0.717) is 55.6 Å². The topological polar surface area (TPSA) is 98.5 Å². The zero-order valence-corrected chi connectivity index (χ0v) is 19.1. The van der Waals surface area contributed by atoms with Gasteiger partial charge in [-0.3, -0.25) is 23.4 Å². The predicted molar refractivity (Wildman–Crippen MR) is 119 cm³/mol. The van der Waals surface area contributed by atoms with Crippen molar-refractivity contribution in [3.8, 4) is 0 Å². The van der Waals surface area contributed by atoms with E-state index >= 15 is 0 Å². The SMILES string of the molecule is Cc1cc(C)n(Cc2ccc(C(=O)N3CCN(c4c(C)n(C)c(=O)n(C)c4=O)CC3)o2)n1. The van der Waals surface area contributed by atoms with Crippen molar-refractivity contribution in [1.29, 1.82) is 0 Å². The lowest BCUT2D eigenvalue weighted by Gasteiger charge is -2.36. The van der Waals surface area contributed by atoms with Crippen LogP contribution in [0.5, 0.6) is 0 Å². The van der Waals surface area contributed by atoms with Crippen molar-refractivity contribution < 1.29 is 9.21 Å². The number of piperazine rings is 1. The van der Waals surface area contributed by atoms with Gasteiger partial charge >= 0.3 is 5.69 Å². The first-order chi connectivity index (χ1) is 15.2. The number of hydrogen-bond acceptors (Lipinski definition) is 6. The molecule has 1 fully saturated rings. The van der Waals surface area contributed by atoms with Crippen molar-refractivity contribution in [2.75, 3.05) is 31.1 Å². The van der Waals surface area contributed by atoms with Gasteiger partial charge in [-0.25, -0.2) is 4.79 Å². The van der Waals surface area contributed by atoms with E-state index in [-0.39, 0.29) is 17.2 Å². The molecule has 1 amide bonds. The first-order valence-electron chi connectivity index (χ1n) is 10.6. The molecule has 170 valence electrons. The molecule has 3 aromatic rings. The second-order valence-corrected chi connectivity index (χ2v) is 8.27. The second-order valence-electron chi connectivity index (χ2n) is 8.27. The van der Waals surface area contributed by atoms with Crippen LogP contribution >= 0.6 is 0 Å². The van der Waals surface area contributed by atoms with Crippen molar-refractivity contribution in [3.05, 3.63) is 67.6 Å². The number of carbonyl (C=O) groups excluding carboxylic acids is 1. The Morgan fingerprint density at radius 3 is 2.34 bits per heavy atom. The van der Waals surface area contributed by atoms with Gasteiger partial charge in [0, 0.05) is 51.7 Å². The van der Waals surface area contributed by atoms with Crippen LogP contribution in [0.25, 0.3) is 0 Å². The summed E-state index contributed by atoms with van der Waals surface area (Å²) in [6, 6.07) is 5.49. The highest BCUT2D eigenvalue weighted by molar-refractivity contribution is 5.91. The summed E-state index contributed by atoms with van der Waals surface area (Å²) in [4.78, 5) is 41.4. The number of aromatic nitrogens is 4. The highest BCUT2D eigenvalue weighted by atomic mass is 16.4. The maximum Gasteiger partial charge on any atom is 0.330 e. The minimum atomic E-state index is -0.348. The molecule has 0 bridgehead atoms. The van der Waals surface area contributed by atoms with Crippen molar-refractivity contribution in [2.45, 2.75) is 27.3 Å². The van der Waals surface area contributed by atoms with Crippen LogP contribution in [-0.2, 0) is 20.6 Å². The average Bonchev–Trinajstić information content (AvgIpc) is 3.37. The van der Waals surface area contributed by atoms with Gasteiger partial charge in [-0.15, -0.1) is 0 Å². The minimum Gasteiger partial charge on any atom is -0.454 e. The van der Waals surface area contributed by atoms with Crippen LogP contribution < -0.4 is 16.1 Å². The van der Waals surface area contributed by atoms with Crippen molar-refractivity contribution >= 4 is 11.6 Å². The molecule has 0 spiro atoms. The summed E-state index contributed by atoms with van der Waals surface area (Å²) in [7, 11) is 3.13. The largest absolute Gasteiger partial charge is 0.454 e. The molecule has 0 N–H and O–H groups in total. The number of aryl methyl sites for hydroxylation is 2. The number of amides is 1. The maximum absolute atomic E-state index is 12.9. The van der Waals surface area contributed by atoms with Crippen LogP contribution in [0.1, 0.15) is 33.4 Å². The standard InChI is InChI=1S/C22H28N6O4/c1-14-12-15(2)28(23-14)13-17-6-7-18(32-17)20(29)27-10-8-26(9-11-27)19-16(3)24(4)22(31)25(5)21(19)30/h6-7,12H,8-11,13H2,1-5H3. The molecule has 10 nitrogen and oxygen atoms in total. The van der Waals surface area contributed by atoms with Crippen molar-refractivity contribution in [2.24, 2.45) is 14.1 Å². The fourth-order valence-electron chi connectivity index (χ4n) is 4.14. The maximum atomic E-state index is 12.9. The van der Waals surface area contributed by atoms with Gasteiger partial charge in [0.25, 0.3) is 11.5 Å². The zero-order valence-electron chi connectivity index (χ0n) is 19.1. The number of rotatable bonds is 4. The number of anilines is 1. The van der Waals surface area contributed by atoms with Crippen molar-refractivity contribution in [1.82, 2.24) is 23.8 Å². The first kappa shape index (κ1) is 21.7. The summed E-state index contributed by atoms with van der Waals surface area (Å²) in [5, 5.41) is 4.43. The molecule has 0 aromatic carbocycles. The van der Waals surface area contributed by atoms with E-state index in [0.717, 1.165) is 16.0 Å². The molecule has 3 aromatic heterocycles. The molecule has 0 radical (unpaired) electrons. The second kappa shape index (κ2) is 8.18. The quantitative estimate of drug-likeness (QED) is 0.596. The van der Waals surface area contributed by atoms with Crippen LogP contribution in [0.4, 0.5) is 5.69 Å². The molecule has 1 aliphatic rings. The molecule has 4 heterocycles. The smallest absolute Gasteiger partial charge is 0.330 e. The Morgan fingerprint density at radius 2 is 1.72 bits per heavy atom. The summed E-state index contributed by atoms with van der Waals surface area (Å²) in [5.74, 6) is 0.793. The van der Waals surface area contributed by atoms with Crippen LogP contribution in [0.3, 0.4) is 0 Å². The summed E-state index contributed by atoms with van der Waals surface area (Å²) in [6.45, 7) is 8.06. The Labute approximate surface area is 185 Å². The van der Waals surface area contributed by atoms with Gasteiger partial charge in [-0.05, 0) is 39.0 Å². The molecule has 0 aliphatic carbocycles. The van der Waals surface area contributed by atoms with Gasteiger partial charge in [-0.1, -0.05) is 0 Å². The predicted octanol–water partition coefficient (Wildman–Crippen LogP) is 0.809. The van der Waals surface area contributed by atoms with Gasteiger partial charge in [0.15, 0.2) is 5.76 Å². The van der Waals surface area contributed by atoms with Crippen LogP contribution in [0.15, 0.2) is 32.2 Å². The normalized spacial score (nSPS) is 14.3. The lowest BCUT2D eigenvalue weighted by Crippen LogP contribution is -2.52. The fraction of sp³-hybridized carbons (Fsp3) is 0.455. The third-order valence-corrected chi connectivity index (χ3v) is 6.09. The van der Waals surface area contributed by atoms with Crippen LogP contribution in [-0.4, -0.2) is 55.9 Å². The molecular formula is C22H28N6O4. The van der Waals surface area contributed by atoms with E-state index in [2.05, 4.69) is 5.10 Å². The van der Waals surface area contributed by atoms with Crippen molar-refractivity contribution in [3.63, 3.8) is 0 Å².